The summed E-state index contributed by atoms with van der Waals surface area (Å²) < 4.78 is 39.9. The van der Waals surface area contributed by atoms with E-state index in [0.29, 0.717) is 24.1 Å². The molecule has 0 spiro atoms. The molecule has 1 saturated heterocycles. The molecule has 0 aliphatic carbocycles. The van der Waals surface area contributed by atoms with Gasteiger partial charge in [-0.15, -0.1) is 0 Å². The topological polar surface area (TPSA) is 110 Å². The molecule has 8 nitrogen and oxygen atoms in total. The molecule has 1 aliphatic heterocycles. The molecule has 1 heterocycles. The van der Waals surface area contributed by atoms with Crippen molar-refractivity contribution in [3.63, 3.8) is 0 Å². The molecular formula is C19H20FN3O5S. The van der Waals surface area contributed by atoms with Crippen molar-refractivity contribution in [3.05, 3.63) is 64.0 Å². The Labute approximate surface area is 167 Å². The predicted molar refractivity (Wildman–Crippen MR) is 104 cm³/mol. The van der Waals surface area contributed by atoms with Crippen molar-refractivity contribution in [1.29, 1.82) is 0 Å². The van der Waals surface area contributed by atoms with Crippen LogP contribution in [0.1, 0.15) is 18.4 Å². The summed E-state index contributed by atoms with van der Waals surface area (Å²) in [6.07, 6.45) is 0.988. The number of aryl methyl sites for hydroxylation is 1. The first-order valence-electron chi connectivity index (χ1n) is 9.00. The number of non-ortho nitro benzene ring substituents is 1. The number of nitro groups is 1. The molecule has 0 aromatic heterocycles. The minimum atomic E-state index is -3.85. The van der Waals surface area contributed by atoms with Crippen LogP contribution in [0.2, 0.25) is 0 Å². The number of nitrogens with one attached hydrogen (secondary N) is 1. The maximum atomic E-state index is 13.1. The molecule has 2 aromatic rings. The van der Waals surface area contributed by atoms with Crippen LogP contribution in [0.15, 0.2) is 47.4 Å². The molecule has 3 rings (SSSR count). The Morgan fingerprint density at radius 3 is 2.59 bits per heavy atom. The average molecular weight is 421 g/mol. The SMILES string of the molecule is Cc1ccc([N+](=O)[O-])cc1NC(=O)[C@H]1CCCN(S(=O)(=O)c2ccc(F)cc2)C1. The summed E-state index contributed by atoms with van der Waals surface area (Å²) in [5, 5.41) is 13.6. The van der Waals surface area contributed by atoms with Gasteiger partial charge in [-0.3, -0.25) is 14.9 Å². The zero-order chi connectivity index (χ0) is 21.2. The fourth-order valence-electron chi connectivity index (χ4n) is 3.22. The highest BCUT2D eigenvalue weighted by molar-refractivity contribution is 7.89. The minimum absolute atomic E-state index is 0.0144. The summed E-state index contributed by atoms with van der Waals surface area (Å²) in [5.74, 6) is -1.53. The van der Waals surface area contributed by atoms with Crippen LogP contribution in [0.5, 0.6) is 0 Å². The van der Waals surface area contributed by atoms with Crippen LogP contribution in [0.3, 0.4) is 0 Å². The number of carbonyl (C=O) groups excluding carboxylic acids is 1. The van der Waals surface area contributed by atoms with Crippen LogP contribution in [0, 0.1) is 28.8 Å². The van der Waals surface area contributed by atoms with E-state index in [-0.39, 0.29) is 23.7 Å². The van der Waals surface area contributed by atoms with Crippen molar-refractivity contribution < 1.29 is 22.5 Å². The van der Waals surface area contributed by atoms with Gasteiger partial charge in [-0.05, 0) is 49.6 Å². The Bertz CT molecular complexity index is 1040. The van der Waals surface area contributed by atoms with Gasteiger partial charge in [0.1, 0.15) is 5.82 Å². The molecule has 29 heavy (non-hydrogen) atoms. The second-order valence-electron chi connectivity index (χ2n) is 6.90. The van der Waals surface area contributed by atoms with E-state index < -0.39 is 32.6 Å². The molecular weight excluding hydrogens is 401 g/mol. The van der Waals surface area contributed by atoms with Gasteiger partial charge in [0.05, 0.1) is 21.4 Å². The van der Waals surface area contributed by atoms with Crippen molar-refractivity contribution in [1.82, 2.24) is 4.31 Å². The Kier molecular flexibility index (Phi) is 5.94. The van der Waals surface area contributed by atoms with Crippen LogP contribution in [0.4, 0.5) is 15.8 Å². The van der Waals surface area contributed by atoms with Crippen molar-refractivity contribution in [2.75, 3.05) is 18.4 Å². The number of halogens is 1. The van der Waals surface area contributed by atoms with Crippen LogP contribution >= 0.6 is 0 Å². The first kappa shape index (κ1) is 20.9. The Hall–Kier alpha value is -2.85. The van der Waals surface area contributed by atoms with Crippen LogP contribution in [-0.2, 0) is 14.8 Å². The fourth-order valence-corrected chi connectivity index (χ4v) is 4.75. The smallest absolute Gasteiger partial charge is 0.271 e. The van der Waals surface area contributed by atoms with Crippen molar-refractivity contribution in [3.8, 4) is 0 Å². The van der Waals surface area contributed by atoms with E-state index >= 15 is 0 Å². The molecule has 0 saturated carbocycles. The molecule has 0 bridgehead atoms. The molecule has 1 amide bonds. The predicted octanol–water partition coefficient (Wildman–Crippen LogP) is 3.08. The molecule has 1 N–H and O–H groups in total. The summed E-state index contributed by atoms with van der Waals surface area (Å²) in [7, 11) is -3.85. The molecule has 10 heteroatoms. The molecule has 0 radical (unpaired) electrons. The Balaban J connectivity index is 1.75. The zero-order valence-electron chi connectivity index (χ0n) is 15.7. The number of benzene rings is 2. The summed E-state index contributed by atoms with van der Waals surface area (Å²) in [4.78, 5) is 23.1. The lowest BCUT2D eigenvalue weighted by molar-refractivity contribution is -0.384. The number of sulfonamides is 1. The van der Waals surface area contributed by atoms with Gasteiger partial charge in [-0.1, -0.05) is 6.07 Å². The molecule has 1 aliphatic rings. The third kappa shape index (κ3) is 4.60. The highest BCUT2D eigenvalue weighted by atomic mass is 32.2. The van der Waals surface area contributed by atoms with E-state index in [2.05, 4.69) is 5.32 Å². The fraction of sp³-hybridized carbons (Fsp3) is 0.316. The average Bonchev–Trinajstić information content (AvgIpc) is 2.70. The van der Waals surface area contributed by atoms with Gasteiger partial charge in [-0.2, -0.15) is 4.31 Å². The first-order chi connectivity index (χ1) is 13.7. The van der Waals surface area contributed by atoms with Gasteiger partial charge in [-0.25, -0.2) is 12.8 Å². The molecule has 1 fully saturated rings. The zero-order valence-corrected chi connectivity index (χ0v) is 16.5. The van der Waals surface area contributed by atoms with Crippen LogP contribution in [0.25, 0.3) is 0 Å². The third-order valence-corrected chi connectivity index (χ3v) is 6.78. The summed E-state index contributed by atoms with van der Waals surface area (Å²) >= 11 is 0. The number of rotatable bonds is 5. The number of anilines is 1. The van der Waals surface area contributed by atoms with Crippen LogP contribution < -0.4 is 5.32 Å². The lowest BCUT2D eigenvalue weighted by Crippen LogP contribution is -2.43. The number of hydrogen-bond acceptors (Lipinski definition) is 5. The lowest BCUT2D eigenvalue weighted by Gasteiger charge is -2.31. The number of carbonyl (C=O) groups is 1. The summed E-state index contributed by atoms with van der Waals surface area (Å²) in [6, 6.07) is 8.71. The number of hydrogen-bond donors (Lipinski definition) is 1. The monoisotopic (exact) mass is 421 g/mol. The van der Waals surface area contributed by atoms with Gasteiger partial charge in [0.2, 0.25) is 15.9 Å². The maximum Gasteiger partial charge on any atom is 0.271 e. The van der Waals surface area contributed by atoms with Crippen LogP contribution in [-0.4, -0.2) is 36.6 Å². The molecule has 0 unspecified atom stereocenters. The first-order valence-corrected chi connectivity index (χ1v) is 10.4. The maximum absolute atomic E-state index is 13.1. The highest BCUT2D eigenvalue weighted by Crippen LogP contribution is 2.27. The third-order valence-electron chi connectivity index (χ3n) is 4.90. The van der Waals surface area contributed by atoms with E-state index in [1.165, 1.54) is 28.6 Å². The lowest BCUT2D eigenvalue weighted by atomic mass is 9.98. The second-order valence-corrected chi connectivity index (χ2v) is 8.84. The molecule has 1 atom stereocenters. The van der Waals surface area contributed by atoms with E-state index in [1.807, 2.05) is 0 Å². The van der Waals surface area contributed by atoms with Gasteiger partial charge < -0.3 is 5.32 Å². The summed E-state index contributed by atoms with van der Waals surface area (Å²) in [6.45, 7) is 1.96. The number of nitrogens with zero attached hydrogens (tertiary/aromatic N) is 2. The van der Waals surface area contributed by atoms with E-state index in [9.17, 15) is 27.7 Å². The highest BCUT2D eigenvalue weighted by Gasteiger charge is 2.33. The van der Waals surface area contributed by atoms with Gasteiger partial charge in [0.15, 0.2) is 0 Å². The Morgan fingerprint density at radius 1 is 1.24 bits per heavy atom. The normalized spacial score (nSPS) is 17.7. The van der Waals surface area contributed by atoms with Gasteiger partial charge in [0, 0.05) is 25.2 Å². The quantitative estimate of drug-likeness (QED) is 0.589. The van der Waals surface area contributed by atoms with E-state index in [4.69, 9.17) is 0 Å². The largest absolute Gasteiger partial charge is 0.325 e. The van der Waals surface area contributed by atoms with E-state index in [1.54, 1.807) is 13.0 Å². The summed E-state index contributed by atoms with van der Waals surface area (Å²) in [5.41, 5.74) is 0.841. The van der Waals surface area contributed by atoms with Gasteiger partial charge in [0.25, 0.3) is 5.69 Å². The Morgan fingerprint density at radius 2 is 1.93 bits per heavy atom. The standard InChI is InChI=1S/C19H20FN3O5S/c1-13-4-7-16(23(25)26)11-18(13)21-19(24)14-3-2-10-22(12-14)29(27,28)17-8-5-15(20)6-9-17/h4-9,11,14H,2-3,10,12H2,1H3,(H,21,24)/t14-/m0/s1. The number of amides is 1. The van der Waals surface area contributed by atoms with Crippen molar-refractivity contribution in [2.24, 2.45) is 5.92 Å². The van der Waals surface area contributed by atoms with Crippen molar-refractivity contribution in [2.45, 2.75) is 24.7 Å². The molecule has 2 aromatic carbocycles. The molecule has 154 valence electrons. The number of piperidine rings is 1. The van der Waals surface area contributed by atoms with E-state index in [0.717, 1.165) is 12.1 Å². The minimum Gasteiger partial charge on any atom is -0.325 e. The number of nitro benzene ring substituents is 1. The van der Waals surface area contributed by atoms with Gasteiger partial charge >= 0.3 is 0 Å². The second kappa shape index (κ2) is 8.26. The van der Waals surface area contributed by atoms with Crippen molar-refractivity contribution >= 4 is 27.3 Å².